The van der Waals surface area contributed by atoms with E-state index in [-0.39, 0.29) is 5.91 Å². The maximum Gasteiger partial charge on any atom is 0.270 e. The lowest BCUT2D eigenvalue weighted by Gasteiger charge is -1.98. The first-order valence-corrected chi connectivity index (χ1v) is 8.22. The van der Waals surface area contributed by atoms with E-state index >= 15 is 0 Å². The summed E-state index contributed by atoms with van der Waals surface area (Å²) in [6, 6.07) is 9.74. The summed E-state index contributed by atoms with van der Waals surface area (Å²) in [4.78, 5) is 21.3. The van der Waals surface area contributed by atoms with Crippen LogP contribution in [0.5, 0.6) is 0 Å². The molecule has 2 heterocycles. The van der Waals surface area contributed by atoms with E-state index < -0.39 is 0 Å². The Morgan fingerprint density at radius 1 is 1.22 bits per heavy atom. The van der Waals surface area contributed by atoms with Gasteiger partial charge in [-0.25, -0.2) is 4.98 Å². The monoisotopic (exact) mass is 328 g/mol. The molecule has 3 aromatic rings. The Balaban J connectivity index is 2.06. The molecule has 0 saturated carbocycles. The Morgan fingerprint density at radius 2 is 2.00 bits per heavy atom. The second kappa shape index (κ2) is 6.70. The van der Waals surface area contributed by atoms with Crippen molar-refractivity contribution in [2.45, 2.75) is 26.7 Å². The van der Waals surface area contributed by atoms with E-state index in [0.29, 0.717) is 29.7 Å². The van der Waals surface area contributed by atoms with Gasteiger partial charge in [0.15, 0.2) is 11.0 Å². The third-order valence-corrected chi connectivity index (χ3v) is 4.18. The third kappa shape index (κ3) is 3.29. The van der Waals surface area contributed by atoms with Crippen LogP contribution >= 0.6 is 11.3 Å². The smallest absolute Gasteiger partial charge is 0.270 e. The molecule has 2 aromatic heterocycles. The largest absolute Gasteiger partial charge is 0.333 e. The molecule has 118 valence electrons. The van der Waals surface area contributed by atoms with Crippen LogP contribution in [0.2, 0.25) is 0 Å². The molecule has 23 heavy (non-hydrogen) atoms. The van der Waals surface area contributed by atoms with Crippen LogP contribution in [0.25, 0.3) is 22.0 Å². The molecule has 0 aliphatic carbocycles. The number of carbonyl (C=O) groups is 1. The van der Waals surface area contributed by atoms with Crippen molar-refractivity contribution in [3.8, 4) is 22.0 Å². The van der Waals surface area contributed by atoms with Crippen molar-refractivity contribution in [3.63, 3.8) is 0 Å². The zero-order valence-electron chi connectivity index (χ0n) is 12.9. The van der Waals surface area contributed by atoms with E-state index in [1.165, 1.54) is 11.3 Å². The topological polar surface area (TPSA) is 80.9 Å². The van der Waals surface area contributed by atoms with E-state index in [9.17, 15) is 4.79 Å². The van der Waals surface area contributed by atoms with Crippen LogP contribution in [0.4, 0.5) is 5.13 Å². The lowest BCUT2D eigenvalue weighted by atomic mass is 10.1. The van der Waals surface area contributed by atoms with E-state index in [1.807, 2.05) is 37.3 Å². The minimum atomic E-state index is -0.0790. The highest BCUT2D eigenvalue weighted by molar-refractivity contribution is 7.19. The molecule has 0 unspecified atom stereocenters. The van der Waals surface area contributed by atoms with Gasteiger partial charge in [0.05, 0.1) is 5.69 Å². The van der Waals surface area contributed by atoms with Gasteiger partial charge in [-0.1, -0.05) is 60.7 Å². The molecule has 0 aliphatic heterocycles. The first-order valence-electron chi connectivity index (χ1n) is 7.40. The molecule has 1 amide bonds. The van der Waals surface area contributed by atoms with Crippen LogP contribution < -0.4 is 5.32 Å². The van der Waals surface area contributed by atoms with Gasteiger partial charge in [0.2, 0.25) is 5.91 Å². The van der Waals surface area contributed by atoms with Gasteiger partial charge in [-0.3, -0.25) is 4.79 Å². The normalized spacial score (nSPS) is 10.7. The Hall–Kier alpha value is -2.54. The number of hydrogen-bond acceptors (Lipinski definition) is 6. The number of amides is 1. The molecular formula is C16H16N4O2S. The Kier molecular flexibility index (Phi) is 4.47. The van der Waals surface area contributed by atoms with Gasteiger partial charge in [0.1, 0.15) is 4.88 Å². The summed E-state index contributed by atoms with van der Waals surface area (Å²) in [7, 11) is 0. The Morgan fingerprint density at radius 3 is 2.65 bits per heavy atom. The number of carbonyl (C=O) groups excluding carboxylic acids is 1. The second-order valence-corrected chi connectivity index (χ2v) is 5.83. The number of aromatic nitrogens is 3. The first-order chi connectivity index (χ1) is 11.2. The van der Waals surface area contributed by atoms with Crippen LogP contribution in [0.15, 0.2) is 34.9 Å². The summed E-state index contributed by atoms with van der Waals surface area (Å²) in [5.74, 6) is 0.992. The molecule has 1 aromatic carbocycles. The fraction of sp³-hybridized carbons (Fsp3) is 0.250. The molecule has 0 saturated heterocycles. The zero-order valence-corrected chi connectivity index (χ0v) is 13.7. The van der Waals surface area contributed by atoms with E-state index in [1.54, 1.807) is 6.92 Å². The molecule has 1 N–H and O–H groups in total. The molecule has 0 aliphatic rings. The van der Waals surface area contributed by atoms with Crippen molar-refractivity contribution in [3.05, 3.63) is 36.2 Å². The van der Waals surface area contributed by atoms with Crippen molar-refractivity contribution in [1.82, 2.24) is 15.1 Å². The molecule has 6 nitrogen and oxygen atoms in total. The number of nitrogens with one attached hydrogen (secondary N) is 1. The number of hydrogen-bond donors (Lipinski definition) is 1. The number of nitrogens with zero attached hydrogens (tertiary/aromatic N) is 3. The molecule has 0 bridgehead atoms. The SMILES string of the molecule is CCC(=O)Nc1nc(-c2ccccc2)c(-c2nc(CC)no2)s1. The minimum absolute atomic E-state index is 0.0790. The Bertz CT molecular complexity index is 811. The summed E-state index contributed by atoms with van der Waals surface area (Å²) < 4.78 is 5.34. The maximum atomic E-state index is 11.6. The van der Waals surface area contributed by atoms with Gasteiger partial charge >= 0.3 is 0 Å². The van der Waals surface area contributed by atoms with Gasteiger partial charge in [-0.05, 0) is 0 Å². The highest BCUT2D eigenvalue weighted by Gasteiger charge is 2.20. The quantitative estimate of drug-likeness (QED) is 0.771. The lowest BCUT2D eigenvalue weighted by Crippen LogP contribution is -2.08. The van der Waals surface area contributed by atoms with Crippen molar-refractivity contribution in [2.24, 2.45) is 0 Å². The summed E-state index contributed by atoms with van der Waals surface area (Å²) in [6.45, 7) is 3.76. The number of benzene rings is 1. The minimum Gasteiger partial charge on any atom is -0.333 e. The standard InChI is InChI=1S/C16H16N4O2S/c1-3-11-17-15(22-20-11)14-13(10-8-6-5-7-9-10)19-16(23-14)18-12(21)4-2/h5-9H,3-4H2,1-2H3,(H,18,19,21). The molecular weight excluding hydrogens is 312 g/mol. The second-order valence-electron chi connectivity index (χ2n) is 4.83. The van der Waals surface area contributed by atoms with Gasteiger partial charge in [0.25, 0.3) is 5.89 Å². The predicted octanol–water partition coefficient (Wildman–Crippen LogP) is 3.77. The van der Waals surface area contributed by atoms with Crippen LogP contribution in [-0.2, 0) is 11.2 Å². The third-order valence-electron chi connectivity index (χ3n) is 3.22. The maximum absolute atomic E-state index is 11.6. The molecule has 0 fully saturated rings. The van der Waals surface area contributed by atoms with Gasteiger partial charge in [-0.2, -0.15) is 4.98 Å². The molecule has 0 spiro atoms. The summed E-state index contributed by atoms with van der Waals surface area (Å²) in [5, 5.41) is 7.26. The zero-order chi connectivity index (χ0) is 16.2. The van der Waals surface area contributed by atoms with E-state index in [4.69, 9.17) is 4.52 Å². The predicted molar refractivity (Wildman–Crippen MR) is 89.1 cm³/mol. The molecule has 7 heteroatoms. The number of rotatable bonds is 5. The van der Waals surface area contributed by atoms with Crippen LogP contribution in [0.1, 0.15) is 26.1 Å². The Labute approximate surface area is 137 Å². The van der Waals surface area contributed by atoms with Crippen molar-refractivity contribution >= 4 is 22.4 Å². The van der Waals surface area contributed by atoms with Crippen molar-refractivity contribution in [2.75, 3.05) is 5.32 Å². The lowest BCUT2D eigenvalue weighted by molar-refractivity contribution is -0.115. The highest BCUT2D eigenvalue weighted by atomic mass is 32.1. The average molecular weight is 328 g/mol. The first kappa shape index (κ1) is 15.4. The summed E-state index contributed by atoms with van der Waals surface area (Å²) >= 11 is 1.34. The fourth-order valence-electron chi connectivity index (χ4n) is 2.01. The highest BCUT2D eigenvalue weighted by Crippen LogP contribution is 2.38. The molecule has 0 radical (unpaired) electrons. The number of aryl methyl sites for hydroxylation is 1. The average Bonchev–Trinajstić information content (AvgIpc) is 3.22. The van der Waals surface area contributed by atoms with Gasteiger partial charge in [0, 0.05) is 18.4 Å². The van der Waals surface area contributed by atoms with Crippen LogP contribution in [-0.4, -0.2) is 21.0 Å². The van der Waals surface area contributed by atoms with Gasteiger partial charge in [-0.15, -0.1) is 0 Å². The van der Waals surface area contributed by atoms with E-state index in [2.05, 4.69) is 20.4 Å². The summed E-state index contributed by atoms with van der Waals surface area (Å²) in [6.07, 6.45) is 1.10. The van der Waals surface area contributed by atoms with Gasteiger partial charge < -0.3 is 9.84 Å². The van der Waals surface area contributed by atoms with Crippen molar-refractivity contribution in [1.29, 1.82) is 0 Å². The number of thiazole rings is 1. The number of anilines is 1. The van der Waals surface area contributed by atoms with Crippen LogP contribution in [0.3, 0.4) is 0 Å². The molecule has 0 atom stereocenters. The van der Waals surface area contributed by atoms with Crippen molar-refractivity contribution < 1.29 is 9.32 Å². The van der Waals surface area contributed by atoms with Crippen LogP contribution in [0, 0.1) is 0 Å². The molecule has 3 rings (SSSR count). The summed E-state index contributed by atoms with van der Waals surface area (Å²) in [5.41, 5.74) is 1.67. The van der Waals surface area contributed by atoms with E-state index in [0.717, 1.165) is 16.1 Å². The fourth-order valence-corrected chi connectivity index (χ4v) is 2.93.